The van der Waals surface area contributed by atoms with E-state index in [-0.39, 0.29) is 22.9 Å². The van der Waals surface area contributed by atoms with Crippen molar-refractivity contribution in [2.24, 2.45) is 5.92 Å². The van der Waals surface area contributed by atoms with Gasteiger partial charge in [-0.05, 0) is 31.7 Å². The normalized spacial score (nSPS) is 17.5. The molecule has 7 nitrogen and oxygen atoms in total. The maximum Gasteiger partial charge on any atom is 0.338 e. The molecule has 2 rings (SSSR count). The van der Waals surface area contributed by atoms with Crippen molar-refractivity contribution in [1.82, 2.24) is 0 Å². The number of benzene rings is 1. The zero-order valence-corrected chi connectivity index (χ0v) is 11.7. The highest BCUT2D eigenvalue weighted by atomic mass is 16.6. The average molecular weight is 294 g/mol. The average Bonchev–Trinajstić information content (AvgIpc) is 2.46. The van der Waals surface area contributed by atoms with Crippen molar-refractivity contribution >= 4 is 17.3 Å². The third-order valence-corrected chi connectivity index (χ3v) is 3.98. The smallest absolute Gasteiger partial charge is 0.338 e. The van der Waals surface area contributed by atoms with E-state index >= 15 is 0 Å². The van der Waals surface area contributed by atoms with Gasteiger partial charge in [-0.2, -0.15) is 0 Å². The van der Waals surface area contributed by atoms with E-state index in [1.54, 1.807) is 11.8 Å². The SMILES string of the molecule is CC(O)C1CCN(c2c(C(=O)O)cccc2[N+](=O)[O-])CC1. The summed E-state index contributed by atoms with van der Waals surface area (Å²) in [5.41, 5.74) is -0.0795. The molecule has 1 fully saturated rings. The molecule has 0 amide bonds. The van der Waals surface area contributed by atoms with E-state index in [0.29, 0.717) is 25.9 Å². The molecule has 0 bridgehead atoms. The lowest BCUT2D eigenvalue weighted by atomic mass is 9.91. The third kappa shape index (κ3) is 3.13. The molecular weight excluding hydrogens is 276 g/mol. The third-order valence-electron chi connectivity index (χ3n) is 3.98. The van der Waals surface area contributed by atoms with Crippen LogP contribution in [0.5, 0.6) is 0 Å². The molecule has 0 spiro atoms. The molecule has 1 atom stereocenters. The van der Waals surface area contributed by atoms with Crippen molar-refractivity contribution in [3.05, 3.63) is 33.9 Å². The summed E-state index contributed by atoms with van der Waals surface area (Å²) in [7, 11) is 0. The van der Waals surface area contributed by atoms with Gasteiger partial charge in [0.15, 0.2) is 0 Å². The standard InChI is InChI=1S/C14H18N2O5/c1-9(17)10-5-7-15(8-6-10)13-11(14(18)19)3-2-4-12(13)16(20)21/h2-4,9-10,17H,5-8H2,1H3,(H,18,19). The molecule has 1 aliphatic heterocycles. The number of carboxylic acids is 1. The largest absolute Gasteiger partial charge is 0.478 e. The van der Waals surface area contributed by atoms with Gasteiger partial charge in [-0.25, -0.2) is 4.79 Å². The second kappa shape index (κ2) is 6.09. The second-order valence-corrected chi connectivity index (χ2v) is 5.30. The van der Waals surface area contributed by atoms with E-state index in [4.69, 9.17) is 0 Å². The number of nitro groups is 1. The lowest BCUT2D eigenvalue weighted by Gasteiger charge is -2.35. The summed E-state index contributed by atoms with van der Waals surface area (Å²) in [6, 6.07) is 4.08. The predicted molar refractivity (Wildman–Crippen MR) is 76.7 cm³/mol. The van der Waals surface area contributed by atoms with Crippen LogP contribution in [-0.4, -0.2) is 40.3 Å². The predicted octanol–water partition coefficient (Wildman–Crippen LogP) is 1.89. The highest BCUT2D eigenvalue weighted by Crippen LogP contribution is 2.35. The first-order valence-electron chi connectivity index (χ1n) is 6.85. The van der Waals surface area contributed by atoms with Crippen molar-refractivity contribution in [2.75, 3.05) is 18.0 Å². The highest BCUT2D eigenvalue weighted by Gasteiger charge is 2.30. The molecule has 1 aromatic rings. The Balaban J connectivity index is 2.34. The molecule has 0 radical (unpaired) electrons. The van der Waals surface area contributed by atoms with Crippen LogP contribution in [0, 0.1) is 16.0 Å². The number of nitro benzene ring substituents is 1. The minimum Gasteiger partial charge on any atom is -0.478 e. The number of carboxylic acid groups (broad SMARTS) is 1. The van der Waals surface area contributed by atoms with Crippen molar-refractivity contribution in [2.45, 2.75) is 25.9 Å². The summed E-state index contributed by atoms with van der Waals surface area (Å²) in [6.07, 6.45) is 0.947. The first-order valence-corrected chi connectivity index (χ1v) is 6.85. The fraction of sp³-hybridized carbons (Fsp3) is 0.500. The van der Waals surface area contributed by atoms with Crippen LogP contribution in [0.25, 0.3) is 0 Å². The maximum atomic E-state index is 11.3. The number of carbonyl (C=O) groups is 1. The highest BCUT2D eigenvalue weighted by molar-refractivity contribution is 5.97. The van der Waals surface area contributed by atoms with Crippen LogP contribution in [0.15, 0.2) is 18.2 Å². The Morgan fingerprint density at radius 3 is 2.52 bits per heavy atom. The Morgan fingerprint density at radius 2 is 2.05 bits per heavy atom. The number of nitrogens with zero attached hydrogens (tertiary/aromatic N) is 2. The number of aromatic carboxylic acids is 1. The molecular formula is C14H18N2O5. The Hall–Kier alpha value is -2.15. The monoisotopic (exact) mass is 294 g/mol. The number of hydrogen-bond acceptors (Lipinski definition) is 5. The number of rotatable bonds is 4. The van der Waals surface area contributed by atoms with Crippen LogP contribution in [0.4, 0.5) is 11.4 Å². The van der Waals surface area contributed by atoms with Gasteiger partial charge in [-0.15, -0.1) is 0 Å². The van der Waals surface area contributed by atoms with Gasteiger partial charge in [-0.3, -0.25) is 10.1 Å². The fourth-order valence-corrected chi connectivity index (χ4v) is 2.79. The molecule has 0 aromatic heterocycles. The first kappa shape index (κ1) is 15.2. The van der Waals surface area contributed by atoms with Crippen molar-refractivity contribution < 1.29 is 19.9 Å². The molecule has 0 aliphatic carbocycles. The summed E-state index contributed by atoms with van der Waals surface area (Å²) < 4.78 is 0. The molecule has 1 unspecified atom stereocenters. The molecule has 7 heteroatoms. The van der Waals surface area contributed by atoms with Gasteiger partial charge < -0.3 is 15.1 Å². The van der Waals surface area contributed by atoms with Gasteiger partial charge in [0.05, 0.1) is 16.6 Å². The molecule has 1 aromatic carbocycles. The van der Waals surface area contributed by atoms with Gasteiger partial charge in [0, 0.05) is 19.2 Å². The minimum atomic E-state index is -1.17. The molecule has 1 aliphatic rings. The summed E-state index contributed by atoms with van der Waals surface area (Å²) in [5.74, 6) is -1.02. The fourth-order valence-electron chi connectivity index (χ4n) is 2.79. The second-order valence-electron chi connectivity index (χ2n) is 5.30. The molecule has 114 valence electrons. The van der Waals surface area contributed by atoms with E-state index in [9.17, 15) is 25.1 Å². The Morgan fingerprint density at radius 1 is 1.43 bits per heavy atom. The molecule has 0 saturated carbocycles. The van der Waals surface area contributed by atoms with E-state index < -0.39 is 17.0 Å². The number of aliphatic hydroxyl groups excluding tert-OH is 1. The summed E-state index contributed by atoms with van der Waals surface area (Å²) in [5, 5.41) is 30.0. The first-order chi connectivity index (χ1) is 9.91. The van der Waals surface area contributed by atoms with E-state index in [1.807, 2.05) is 0 Å². The zero-order valence-electron chi connectivity index (χ0n) is 11.7. The number of para-hydroxylation sites is 1. The van der Waals surface area contributed by atoms with Gasteiger partial charge >= 0.3 is 5.97 Å². The molecule has 1 saturated heterocycles. The van der Waals surface area contributed by atoms with Gasteiger partial charge in [0.2, 0.25) is 0 Å². The Labute approximate surface area is 122 Å². The van der Waals surface area contributed by atoms with Crippen LogP contribution in [-0.2, 0) is 0 Å². The maximum absolute atomic E-state index is 11.3. The molecule has 21 heavy (non-hydrogen) atoms. The van der Waals surface area contributed by atoms with E-state index in [1.165, 1.54) is 18.2 Å². The zero-order chi connectivity index (χ0) is 15.6. The van der Waals surface area contributed by atoms with Crippen molar-refractivity contribution in [3.8, 4) is 0 Å². The van der Waals surface area contributed by atoms with Crippen LogP contribution in [0.3, 0.4) is 0 Å². The number of piperidine rings is 1. The number of aliphatic hydroxyl groups is 1. The quantitative estimate of drug-likeness (QED) is 0.649. The minimum absolute atomic E-state index is 0.0558. The number of hydrogen-bond donors (Lipinski definition) is 2. The molecule has 2 N–H and O–H groups in total. The van der Waals surface area contributed by atoms with E-state index in [0.717, 1.165) is 0 Å². The van der Waals surface area contributed by atoms with Gasteiger partial charge in [-0.1, -0.05) is 6.07 Å². The topological polar surface area (TPSA) is 104 Å². The lowest BCUT2D eigenvalue weighted by molar-refractivity contribution is -0.384. The van der Waals surface area contributed by atoms with Crippen LogP contribution in [0.2, 0.25) is 0 Å². The summed E-state index contributed by atoms with van der Waals surface area (Å²) in [6.45, 7) is 2.73. The Bertz CT molecular complexity index is 518. The van der Waals surface area contributed by atoms with Gasteiger partial charge in [0.1, 0.15) is 5.69 Å². The van der Waals surface area contributed by atoms with Crippen LogP contribution < -0.4 is 4.90 Å². The van der Waals surface area contributed by atoms with E-state index in [2.05, 4.69) is 0 Å². The summed E-state index contributed by atoms with van der Waals surface area (Å²) >= 11 is 0. The van der Waals surface area contributed by atoms with Crippen LogP contribution in [0.1, 0.15) is 30.1 Å². The lowest BCUT2D eigenvalue weighted by Crippen LogP contribution is -2.38. The van der Waals surface area contributed by atoms with Crippen molar-refractivity contribution in [3.63, 3.8) is 0 Å². The number of anilines is 1. The Kier molecular flexibility index (Phi) is 4.42. The van der Waals surface area contributed by atoms with Crippen molar-refractivity contribution in [1.29, 1.82) is 0 Å². The molecule has 1 heterocycles. The van der Waals surface area contributed by atoms with Crippen LogP contribution >= 0.6 is 0 Å². The van der Waals surface area contributed by atoms with Gasteiger partial charge in [0.25, 0.3) is 5.69 Å². The summed E-state index contributed by atoms with van der Waals surface area (Å²) in [4.78, 5) is 23.7.